The van der Waals surface area contributed by atoms with E-state index in [4.69, 9.17) is 15.6 Å². The summed E-state index contributed by atoms with van der Waals surface area (Å²) in [6.45, 7) is 1.94. The number of amides is 1. The van der Waals surface area contributed by atoms with Crippen LogP contribution in [-0.4, -0.2) is 48.4 Å². The zero-order valence-corrected chi connectivity index (χ0v) is 6.90. The second-order valence-electron chi connectivity index (χ2n) is 2.80. The molecule has 12 heavy (non-hydrogen) atoms. The highest BCUT2D eigenvalue weighted by Crippen LogP contribution is 2.07. The molecule has 0 saturated carbocycles. The van der Waals surface area contributed by atoms with Gasteiger partial charge in [0, 0.05) is 6.54 Å². The van der Waals surface area contributed by atoms with Gasteiger partial charge in [0.1, 0.15) is 0 Å². The summed E-state index contributed by atoms with van der Waals surface area (Å²) in [4.78, 5) is 11.9. The van der Waals surface area contributed by atoms with Gasteiger partial charge in [-0.25, -0.2) is 4.79 Å². The predicted molar refractivity (Wildman–Crippen MR) is 43.0 cm³/mol. The Morgan fingerprint density at radius 2 is 2.50 bits per heavy atom. The van der Waals surface area contributed by atoms with Crippen LogP contribution >= 0.6 is 0 Å². The molecule has 1 aliphatic heterocycles. The molecule has 0 aromatic carbocycles. The van der Waals surface area contributed by atoms with E-state index in [2.05, 4.69) is 0 Å². The predicted octanol–water partition coefficient (Wildman–Crippen LogP) is -0.286. The molecule has 0 aromatic heterocycles. The molecule has 5 heteroatoms. The Morgan fingerprint density at radius 3 is 3.08 bits per heavy atom. The largest absolute Gasteiger partial charge is 0.465 e. The number of nitrogens with zero attached hydrogens (tertiary/aromatic N) is 1. The van der Waals surface area contributed by atoms with Crippen molar-refractivity contribution in [2.45, 2.75) is 12.5 Å². The first-order valence-corrected chi connectivity index (χ1v) is 4.03. The van der Waals surface area contributed by atoms with Gasteiger partial charge in [-0.2, -0.15) is 0 Å². The van der Waals surface area contributed by atoms with E-state index in [1.807, 2.05) is 0 Å². The average molecular weight is 174 g/mol. The van der Waals surface area contributed by atoms with E-state index >= 15 is 0 Å². The van der Waals surface area contributed by atoms with Crippen LogP contribution < -0.4 is 5.73 Å². The van der Waals surface area contributed by atoms with Gasteiger partial charge < -0.3 is 20.5 Å². The van der Waals surface area contributed by atoms with Crippen LogP contribution in [-0.2, 0) is 4.74 Å². The minimum absolute atomic E-state index is 0.0140. The van der Waals surface area contributed by atoms with E-state index in [1.54, 1.807) is 0 Å². The van der Waals surface area contributed by atoms with E-state index in [-0.39, 0.29) is 6.10 Å². The maximum absolute atomic E-state index is 10.5. The van der Waals surface area contributed by atoms with Crippen LogP contribution in [0.3, 0.4) is 0 Å². The molecule has 1 heterocycles. The van der Waals surface area contributed by atoms with Gasteiger partial charge in [0.15, 0.2) is 0 Å². The van der Waals surface area contributed by atoms with Crippen LogP contribution in [0, 0.1) is 0 Å². The summed E-state index contributed by atoms with van der Waals surface area (Å²) in [7, 11) is 0. The number of ether oxygens (including phenoxy) is 1. The van der Waals surface area contributed by atoms with Crippen LogP contribution in [0.2, 0.25) is 0 Å². The third-order valence-corrected chi connectivity index (χ3v) is 1.90. The molecule has 0 spiro atoms. The van der Waals surface area contributed by atoms with Crippen LogP contribution in [0.1, 0.15) is 6.42 Å². The first kappa shape index (κ1) is 9.28. The lowest BCUT2D eigenvalue weighted by Gasteiger charge is -2.30. The van der Waals surface area contributed by atoms with E-state index in [1.165, 1.54) is 4.90 Å². The lowest BCUT2D eigenvalue weighted by molar-refractivity contribution is -0.0240. The number of morpholine rings is 1. The number of nitrogens with two attached hydrogens (primary N) is 1. The van der Waals surface area contributed by atoms with Gasteiger partial charge in [-0.15, -0.1) is 0 Å². The maximum Gasteiger partial charge on any atom is 0.407 e. The zero-order valence-electron chi connectivity index (χ0n) is 6.90. The number of hydrogen-bond donors (Lipinski definition) is 2. The topological polar surface area (TPSA) is 75.8 Å². The minimum atomic E-state index is -0.875. The van der Waals surface area contributed by atoms with Crippen molar-refractivity contribution in [1.29, 1.82) is 0 Å². The molecule has 1 amide bonds. The molecule has 3 N–H and O–H groups in total. The Morgan fingerprint density at radius 1 is 1.75 bits per heavy atom. The fraction of sp³-hybridized carbons (Fsp3) is 0.857. The molecule has 70 valence electrons. The highest BCUT2D eigenvalue weighted by atomic mass is 16.5. The fourth-order valence-electron chi connectivity index (χ4n) is 1.25. The summed E-state index contributed by atoms with van der Waals surface area (Å²) in [6, 6.07) is 0. The monoisotopic (exact) mass is 174 g/mol. The second-order valence-corrected chi connectivity index (χ2v) is 2.80. The second kappa shape index (κ2) is 4.27. The average Bonchev–Trinajstić information content (AvgIpc) is 2.05. The summed E-state index contributed by atoms with van der Waals surface area (Å²) in [5.41, 5.74) is 5.33. The minimum Gasteiger partial charge on any atom is -0.465 e. The Labute approximate surface area is 71.1 Å². The van der Waals surface area contributed by atoms with Gasteiger partial charge in [-0.05, 0) is 13.0 Å². The maximum atomic E-state index is 10.5. The van der Waals surface area contributed by atoms with Gasteiger partial charge in [-0.1, -0.05) is 0 Å². The summed E-state index contributed by atoms with van der Waals surface area (Å²) in [6.07, 6.45) is -0.163. The number of rotatable bonds is 2. The molecule has 0 unspecified atom stereocenters. The van der Waals surface area contributed by atoms with Crippen molar-refractivity contribution in [3.8, 4) is 0 Å². The van der Waals surface area contributed by atoms with Gasteiger partial charge in [-0.3, -0.25) is 0 Å². The van der Waals surface area contributed by atoms with Crippen molar-refractivity contribution >= 4 is 6.09 Å². The normalized spacial score (nSPS) is 24.1. The van der Waals surface area contributed by atoms with E-state index in [0.29, 0.717) is 26.2 Å². The summed E-state index contributed by atoms with van der Waals surface area (Å²) >= 11 is 0. The molecule has 5 nitrogen and oxygen atoms in total. The van der Waals surface area contributed by atoms with Crippen molar-refractivity contribution in [2.75, 3.05) is 26.2 Å². The Balaban J connectivity index is 2.35. The molecule has 1 atom stereocenters. The highest BCUT2D eigenvalue weighted by Gasteiger charge is 2.22. The van der Waals surface area contributed by atoms with Crippen molar-refractivity contribution in [2.24, 2.45) is 5.73 Å². The Kier molecular flexibility index (Phi) is 3.31. The van der Waals surface area contributed by atoms with Gasteiger partial charge in [0.25, 0.3) is 0 Å². The molecule has 1 rings (SSSR count). The zero-order chi connectivity index (χ0) is 8.97. The molecular formula is C7H14N2O3. The lowest BCUT2D eigenvalue weighted by Crippen LogP contribution is -2.45. The van der Waals surface area contributed by atoms with Crippen molar-refractivity contribution < 1.29 is 14.6 Å². The number of hydrogen-bond acceptors (Lipinski definition) is 3. The molecule has 0 aromatic rings. The van der Waals surface area contributed by atoms with Crippen molar-refractivity contribution in [1.82, 2.24) is 4.90 Å². The fourth-order valence-corrected chi connectivity index (χ4v) is 1.25. The Hall–Kier alpha value is -0.810. The molecule has 1 aliphatic rings. The molecule has 1 fully saturated rings. The Bertz CT molecular complexity index is 161. The first-order valence-electron chi connectivity index (χ1n) is 4.03. The van der Waals surface area contributed by atoms with Crippen molar-refractivity contribution in [3.63, 3.8) is 0 Å². The third kappa shape index (κ3) is 2.35. The third-order valence-electron chi connectivity index (χ3n) is 1.90. The smallest absolute Gasteiger partial charge is 0.407 e. The van der Waals surface area contributed by atoms with Crippen LogP contribution in [0.4, 0.5) is 4.79 Å². The highest BCUT2D eigenvalue weighted by molar-refractivity contribution is 5.65. The van der Waals surface area contributed by atoms with Crippen molar-refractivity contribution in [3.05, 3.63) is 0 Å². The molecular weight excluding hydrogens is 160 g/mol. The van der Waals surface area contributed by atoms with Gasteiger partial charge in [0.05, 0.1) is 19.3 Å². The summed E-state index contributed by atoms with van der Waals surface area (Å²) in [5, 5.41) is 8.66. The van der Waals surface area contributed by atoms with Gasteiger partial charge in [0.2, 0.25) is 0 Å². The molecule has 1 saturated heterocycles. The SMILES string of the molecule is NCC[C@H]1CN(C(=O)O)CCO1. The summed E-state index contributed by atoms with van der Waals surface area (Å²) < 4.78 is 5.31. The number of carbonyl (C=O) groups is 1. The van der Waals surface area contributed by atoms with Crippen LogP contribution in [0.5, 0.6) is 0 Å². The van der Waals surface area contributed by atoms with E-state index in [0.717, 1.165) is 6.42 Å². The molecule has 0 bridgehead atoms. The summed E-state index contributed by atoms with van der Waals surface area (Å²) in [5.74, 6) is 0. The van der Waals surface area contributed by atoms with Gasteiger partial charge >= 0.3 is 6.09 Å². The van der Waals surface area contributed by atoms with Crippen LogP contribution in [0.25, 0.3) is 0 Å². The lowest BCUT2D eigenvalue weighted by atomic mass is 10.2. The first-order chi connectivity index (χ1) is 5.74. The van der Waals surface area contributed by atoms with E-state index < -0.39 is 6.09 Å². The standard InChI is InChI=1S/C7H14N2O3/c8-2-1-6-5-9(7(10)11)3-4-12-6/h6H,1-5,8H2,(H,10,11)/t6-/m0/s1. The van der Waals surface area contributed by atoms with E-state index in [9.17, 15) is 4.79 Å². The molecule has 0 aliphatic carbocycles. The number of carboxylic acid groups (broad SMARTS) is 1. The quantitative estimate of drug-likeness (QED) is 0.603. The van der Waals surface area contributed by atoms with Crippen LogP contribution in [0.15, 0.2) is 0 Å². The molecule has 0 radical (unpaired) electrons.